The Labute approximate surface area is 158 Å². The molecule has 150 valence electrons. The molecular formula is C19H28F3N5. The number of aromatic amines is 1. The lowest BCUT2D eigenvalue weighted by Gasteiger charge is -2.19. The molecule has 0 fully saturated rings. The van der Waals surface area contributed by atoms with E-state index in [0.717, 1.165) is 12.8 Å². The fourth-order valence-electron chi connectivity index (χ4n) is 3.06. The molecule has 3 N–H and O–H groups in total. The van der Waals surface area contributed by atoms with Gasteiger partial charge in [-0.25, -0.2) is 0 Å². The van der Waals surface area contributed by atoms with Crippen molar-refractivity contribution in [1.29, 1.82) is 0 Å². The standard InChI is InChI=1S/C19H28F3N5/c1-4-14-6-5-7-16-15(12-26-17(14)16)8-9-24-18(23-2)25-10-11-27(3)13-19(20,21)22/h5-7,12,26H,4,8-11,13H2,1-3H3,(H2,23,24,25). The number of benzene rings is 1. The highest BCUT2D eigenvalue weighted by Crippen LogP contribution is 2.22. The molecular weight excluding hydrogens is 355 g/mol. The number of likely N-dealkylation sites (N-methyl/N-ethyl adjacent to an activating group) is 1. The van der Waals surface area contributed by atoms with E-state index in [0.29, 0.717) is 19.0 Å². The van der Waals surface area contributed by atoms with Gasteiger partial charge in [0.05, 0.1) is 6.54 Å². The number of nitrogens with zero attached hydrogens (tertiary/aromatic N) is 2. The molecule has 0 aliphatic rings. The number of fused-ring (bicyclic) bond motifs is 1. The summed E-state index contributed by atoms with van der Waals surface area (Å²) in [5.41, 5.74) is 3.71. The fourth-order valence-corrected chi connectivity index (χ4v) is 3.06. The Morgan fingerprint density at radius 3 is 2.59 bits per heavy atom. The van der Waals surface area contributed by atoms with Crippen molar-refractivity contribution in [3.05, 3.63) is 35.5 Å². The van der Waals surface area contributed by atoms with E-state index in [2.05, 4.69) is 45.7 Å². The van der Waals surface area contributed by atoms with Crippen molar-refractivity contribution in [2.45, 2.75) is 25.9 Å². The summed E-state index contributed by atoms with van der Waals surface area (Å²) in [6.45, 7) is 2.57. The Balaban J connectivity index is 1.78. The lowest BCUT2D eigenvalue weighted by molar-refractivity contribution is -0.142. The molecule has 27 heavy (non-hydrogen) atoms. The van der Waals surface area contributed by atoms with Crippen LogP contribution in [-0.2, 0) is 12.8 Å². The second kappa shape index (κ2) is 9.64. The number of rotatable bonds is 8. The molecule has 8 heteroatoms. The maximum Gasteiger partial charge on any atom is 0.401 e. The number of aliphatic imine (C=N–C) groups is 1. The lowest BCUT2D eigenvalue weighted by Crippen LogP contribution is -2.42. The van der Waals surface area contributed by atoms with Gasteiger partial charge in [0.25, 0.3) is 0 Å². The Kier molecular flexibility index (Phi) is 7.53. The monoisotopic (exact) mass is 383 g/mol. The van der Waals surface area contributed by atoms with Gasteiger partial charge in [-0.3, -0.25) is 9.89 Å². The van der Waals surface area contributed by atoms with Gasteiger partial charge in [0.2, 0.25) is 0 Å². The first-order valence-electron chi connectivity index (χ1n) is 9.11. The Morgan fingerprint density at radius 1 is 1.19 bits per heavy atom. The molecule has 0 saturated carbocycles. The summed E-state index contributed by atoms with van der Waals surface area (Å²) >= 11 is 0. The molecule has 0 spiro atoms. The minimum atomic E-state index is -4.17. The highest BCUT2D eigenvalue weighted by atomic mass is 19.4. The Hall–Kier alpha value is -2.22. The molecule has 2 aromatic rings. The van der Waals surface area contributed by atoms with Crippen molar-refractivity contribution in [2.24, 2.45) is 4.99 Å². The summed E-state index contributed by atoms with van der Waals surface area (Å²) < 4.78 is 37.0. The molecule has 0 saturated heterocycles. The molecule has 1 heterocycles. The quantitative estimate of drug-likeness (QED) is 0.485. The second-order valence-corrected chi connectivity index (χ2v) is 6.54. The van der Waals surface area contributed by atoms with Crippen molar-refractivity contribution >= 4 is 16.9 Å². The van der Waals surface area contributed by atoms with Crippen LogP contribution in [0.2, 0.25) is 0 Å². The number of aryl methyl sites for hydroxylation is 1. The third-order valence-corrected chi connectivity index (χ3v) is 4.41. The predicted octanol–water partition coefficient (Wildman–Crippen LogP) is 2.93. The average Bonchev–Trinajstić information content (AvgIpc) is 3.02. The van der Waals surface area contributed by atoms with Crippen LogP contribution < -0.4 is 10.6 Å². The predicted molar refractivity (Wildman–Crippen MR) is 104 cm³/mol. The number of halogens is 3. The topological polar surface area (TPSA) is 55.5 Å². The Morgan fingerprint density at radius 2 is 1.93 bits per heavy atom. The van der Waals surface area contributed by atoms with Gasteiger partial charge in [0, 0.05) is 43.8 Å². The lowest BCUT2D eigenvalue weighted by atomic mass is 10.1. The average molecular weight is 383 g/mol. The number of hydrogen-bond acceptors (Lipinski definition) is 2. The largest absolute Gasteiger partial charge is 0.401 e. The molecule has 0 amide bonds. The zero-order valence-corrected chi connectivity index (χ0v) is 16.1. The third-order valence-electron chi connectivity index (χ3n) is 4.41. The SMILES string of the molecule is CCc1cccc2c(CCNC(=NC)NCCN(C)CC(F)(F)F)c[nH]c12. The van der Waals surface area contributed by atoms with Crippen LogP contribution in [-0.4, -0.2) is 62.3 Å². The van der Waals surface area contributed by atoms with Gasteiger partial charge < -0.3 is 15.6 Å². The van der Waals surface area contributed by atoms with Gasteiger partial charge in [-0.05, 0) is 31.0 Å². The summed E-state index contributed by atoms with van der Waals surface area (Å²) in [5, 5.41) is 7.48. The number of H-pyrrole nitrogens is 1. The molecule has 5 nitrogen and oxygen atoms in total. The highest BCUT2D eigenvalue weighted by Gasteiger charge is 2.28. The zero-order valence-electron chi connectivity index (χ0n) is 16.1. The number of aromatic nitrogens is 1. The first-order chi connectivity index (χ1) is 12.8. The number of guanidine groups is 1. The third kappa shape index (κ3) is 6.46. The molecule has 0 atom stereocenters. The smallest absolute Gasteiger partial charge is 0.361 e. The first-order valence-corrected chi connectivity index (χ1v) is 9.11. The Bertz CT molecular complexity index is 751. The summed E-state index contributed by atoms with van der Waals surface area (Å²) in [6, 6.07) is 6.32. The number of nitrogens with one attached hydrogen (secondary N) is 3. The fraction of sp³-hybridized carbons (Fsp3) is 0.526. The van der Waals surface area contributed by atoms with E-state index in [1.165, 1.54) is 34.0 Å². The van der Waals surface area contributed by atoms with Crippen molar-refractivity contribution in [2.75, 3.05) is 40.3 Å². The molecule has 2 rings (SSSR count). The minimum Gasteiger partial charge on any atom is -0.361 e. The van der Waals surface area contributed by atoms with E-state index < -0.39 is 12.7 Å². The van der Waals surface area contributed by atoms with Crippen LogP contribution in [0.15, 0.2) is 29.4 Å². The van der Waals surface area contributed by atoms with Crippen LogP contribution >= 0.6 is 0 Å². The molecule has 0 unspecified atom stereocenters. The van der Waals surface area contributed by atoms with Gasteiger partial charge in [0.1, 0.15) is 0 Å². The minimum absolute atomic E-state index is 0.280. The van der Waals surface area contributed by atoms with Crippen LogP contribution in [0.1, 0.15) is 18.1 Å². The molecule has 0 aliphatic carbocycles. The maximum absolute atomic E-state index is 12.3. The molecule has 1 aromatic carbocycles. The van der Waals surface area contributed by atoms with E-state index in [-0.39, 0.29) is 6.54 Å². The van der Waals surface area contributed by atoms with Crippen LogP contribution in [0.3, 0.4) is 0 Å². The van der Waals surface area contributed by atoms with Gasteiger partial charge in [-0.2, -0.15) is 13.2 Å². The van der Waals surface area contributed by atoms with Crippen molar-refractivity contribution in [3.8, 4) is 0 Å². The summed E-state index contributed by atoms with van der Waals surface area (Å²) in [6.07, 6.45) is -0.337. The molecule has 1 aromatic heterocycles. The van der Waals surface area contributed by atoms with Gasteiger partial charge in [0.15, 0.2) is 5.96 Å². The van der Waals surface area contributed by atoms with Crippen molar-refractivity contribution in [3.63, 3.8) is 0 Å². The van der Waals surface area contributed by atoms with Crippen LogP contribution in [0.4, 0.5) is 13.2 Å². The van der Waals surface area contributed by atoms with Crippen LogP contribution in [0.25, 0.3) is 10.9 Å². The summed E-state index contributed by atoms with van der Waals surface area (Å²) in [5.74, 6) is 0.587. The summed E-state index contributed by atoms with van der Waals surface area (Å²) in [4.78, 5) is 8.70. The molecule has 0 radical (unpaired) electrons. The van der Waals surface area contributed by atoms with Gasteiger partial charge in [-0.15, -0.1) is 0 Å². The van der Waals surface area contributed by atoms with Crippen molar-refractivity contribution in [1.82, 2.24) is 20.5 Å². The van der Waals surface area contributed by atoms with E-state index in [4.69, 9.17) is 0 Å². The van der Waals surface area contributed by atoms with Gasteiger partial charge >= 0.3 is 6.18 Å². The first kappa shape index (κ1) is 21.1. The highest BCUT2D eigenvalue weighted by molar-refractivity contribution is 5.86. The number of para-hydroxylation sites is 1. The van der Waals surface area contributed by atoms with Crippen molar-refractivity contribution < 1.29 is 13.2 Å². The zero-order chi connectivity index (χ0) is 19.9. The normalized spacial score (nSPS) is 12.8. The number of alkyl halides is 3. The van der Waals surface area contributed by atoms with E-state index in [1.807, 2.05) is 6.20 Å². The van der Waals surface area contributed by atoms with Crippen LogP contribution in [0, 0.1) is 0 Å². The summed E-state index contributed by atoms with van der Waals surface area (Å²) in [7, 11) is 3.10. The van der Waals surface area contributed by atoms with Gasteiger partial charge in [-0.1, -0.05) is 25.1 Å². The maximum atomic E-state index is 12.3. The number of hydrogen-bond donors (Lipinski definition) is 3. The van der Waals surface area contributed by atoms with E-state index >= 15 is 0 Å². The molecule has 0 aliphatic heterocycles. The van der Waals surface area contributed by atoms with Crippen LogP contribution in [0.5, 0.6) is 0 Å². The second-order valence-electron chi connectivity index (χ2n) is 6.54. The van der Waals surface area contributed by atoms with E-state index in [1.54, 1.807) is 7.05 Å². The van der Waals surface area contributed by atoms with E-state index in [9.17, 15) is 13.2 Å². The molecule has 0 bridgehead atoms.